The number of benzene rings is 2. The van der Waals surface area contributed by atoms with Crippen molar-refractivity contribution in [2.24, 2.45) is 0 Å². The van der Waals surface area contributed by atoms with Crippen LogP contribution in [0.15, 0.2) is 48.5 Å². The Balaban J connectivity index is 1.52. The fourth-order valence-electron chi connectivity index (χ4n) is 3.90. The molecule has 0 bridgehead atoms. The van der Waals surface area contributed by atoms with Gasteiger partial charge in [0.2, 0.25) is 0 Å². The standard InChI is InChI=1S/C21H21N3O3/c1-22-19(25)16-7-4-5-14(13-16)9-11-24-20(26)18-17-8-3-2-6-15(17)10-12-23(18)21(24)27/h2-8,13,18H,9-12H2,1H3,(H,22,25)/t18-/m1/s1. The summed E-state index contributed by atoms with van der Waals surface area (Å²) in [5.41, 5.74) is 3.56. The maximum Gasteiger partial charge on any atom is 0.327 e. The molecule has 2 heterocycles. The van der Waals surface area contributed by atoms with Crippen LogP contribution < -0.4 is 5.32 Å². The number of fused-ring (bicyclic) bond motifs is 3. The van der Waals surface area contributed by atoms with Gasteiger partial charge in [0, 0.05) is 25.7 Å². The molecule has 6 heteroatoms. The molecule has 2 aliphatic heterocycles. The van der Waals surface area contributed by atoms with Crippen LogP contribution in [0.5, 0.6) is 0 Å². The van der Waals surface area contributed by atoms with Crippen LogP contribution in [0.3, 0.4) is 0 Å². The summed E-state index contributed by atoms with van der Waals surface area (Å²) in [5, 5.41) is 2.60. The smallest absolute Gasteiger partial charge is 0.327 e. The van der Waals surface area contributed by atoms with E-state index in [1.54, 1.807) is 24.1 Å². The first-order valence-corrected chi connectivity index (χ1v) is 9.11. The summed E-state index contributed by atoms with van der Waals surface area (Å²) in [5.74, 6) is -0.312. The minimum atomic E-state index is -0.500. The molecule has 6 nitrogen and oxygen atoms in total. The number of hydrogen-bond acceptors (Lipinski definition) is 3. The summed E-state index contributed by atoms with van der Waals surface area (Å²) in [6, 6.07) is 14.4. The first kappa shape index (κ1) is 17.3. The van der Waals surface area contributed by atoms with E-state index in [0.29, 0.717) is 25.1 Å². The summed E-state index contributed by atoms with van der Waals surface area (Å²) in [6.07, 6.45) is 1.29. The zero-order valence-corrected chi connectivity index (χ0v) is 15.1. The fraction of sp³-hybridized carbons (Fsp3) is 0.286. The Kier molecular flexibility index (Phi) is 4.39. The van der Waals surface area contributed by atoms with Gasteiger partial charge in [-0.1, -0.05) is 36.4 Å². The van der Waals surface area contributed by atoms with Crippen LogP contribution in [0.2, 0.25) is 0 Å². The van der Waals surface area contributed by atoms with Gasteiger partial charge >= 0.3 is 6.03 Å². The normalized spacial score (nSPS) is 18.3. The molecule has 138 valence electrons. The van der Waals surface area contributed by atoms with E-state index in [9.17, 15) is 14.4 Å². The second-order valence-electron chi connectivity index (χ2n) is 6.85. The first-order chi connectivity index (χ1) is 13.1. The third kappa shape index (κ3) is 2.97. The molecule has 4 rings (SSSR count). The summed E-state index contributed by atoms with van der Waals surface area (Å²) >= 11 is 0. The quantitative estimate of drug-likeness (QED) is 0.847. The van der Waals surface area contributed by atoms with Crippen molar-refractivity contribution in [1.29, 1.82) is 0 Å². The number of nitrogens with one attached hydrogen (secondary N) is 1. The maximum absolute atomic E-state index is 13.0. The number of hydrogen-bond donors (Lipinski definition) is 1. The lowest BCUT2D eigenvalue weighted by atomic mass is 9.93. The summed E-state index contributed by atoms with van der Waals surface area (Å²) < 4.78 is 0. The Bertz CT molecular complexity index is 924. The summed E-state index contributed by atoms with van der Waals surface area (Å²) in [7, 11) is 1.59. The number of imide groups is 1. The fourth-order valence-corrected chi connectivity index (χ4v) is 3.90. The van der Waals surface area contributed by atoms with E-state index < -0.39 is 6.04 Å². The SMILES string of the molecule is CNC(=O)c1cccc(CCN2C(=O)[C@H]3c4ccccc4CCN3C2=O)c1. The largest absolute Gasteiger partial charge is 0.355 e. The minimum Gasteiger partial charge on any atom is -0.355 e. The Hall–Kier alpha value is -3.15. The van der Waals surface area contributed by atoms with Crippen molar-refractivity contribution >= 4 is 17.8 Å². The van der Waals surface area contributed by atoms with Gasteiger partial charge in [-0.2, -0.15) is 0 Å². The molecule has 2 aliphatic rings. The topological polar surface area (TPSA) is 69.7 Å². The number of rotatable bonds is 4. The van der Waals surface area contributed by atoms with Crippen molar-refractivity contribution in [2.45, 2.75) is 18.9 Å². The van der Waals surface area contributed by atoms with Crippen LogP contribution >= 0.6 is 0 Å². The Morgan fingerprint density at radius 2 is 1.96 bits per heavy atom. The molecule has 27 heavy (non-hydrogen) atoms. The van der Waals surface area contributed by atoms with Crippen LogP contribution in [0.25, 0.3) is 0 Å². The molecule has 0 radical (unpaired) electrons. The molecule has 0 aliphatic carbocycles. The molecule has 4 amide bonds. The number of urea groups is 1. The number of amides is 4. The lowest BCUT2D eigenvalue weighted by Crippen LogP contribution is -2.37. The molecular formula is C21H21N3O3. The van der Waals surface area contributed by atoms with Crippen molar-refractivity contribution in [1.82, 2.24) is 15.1 Å². The van der Waals surface area contributed by atoms with Gasteiger partial charge in [0.05, 0.1) is 0 Å². The van der Waals surface area contributed by atoms with Crippen molar-refractivity contribution in [2.75, 3.05) is 20.1 Å². The van der Waals surface area contributed by atoms with E-state index in [4.69, 9.17) is 0 Å². The predicted octanol–water partition coefficient (Wildman–Crippen LogP) is 2.15. The first-order valence-electron chi connectivity index (χ1n) is 9.11. The summed E-state index contributed by atoms with van der Waals surface area (Å²) in [4.78, 5) is 40.5. The number of carbonyl (C=O) groups excluding carboxylic acids is 3. The Morgan fingerprint density at radius 1 is 1.15 bits per heavy atom. The monoisotopic (exact) mass is 363 g/mol. The third-order valence-corrected chi connectivity index (χ3v) is 5.30. The van der Waals surface area contributed by atoms with Gasteiger partial charge in [-0.05, 0) is 41.7 Å². The third-order valence-electron chi connectivity index (χ3n) is 5.30. The highest BCUT2D eigenvalue weighted by molar-refractivity contribution is 6.05. The van der Waals surface area contributed by atoms with Crippen LogP contribution in [-0.4, -0.2) is 47.8 Å². The second-order valence-corrected chi connectivity index (χ2v) is 6.85. The van der Waals surface area contributed by atoms with Crippen molar-refractivity contribution in [3.63, 3.8) is 0 Å². The summed E-state index contributed by atoms with van der Waals surface area (Å²) in [6.45, 7) is 0.874. The maximum atomic E-state index is 13.0. The molecule has 2 aromatic rings. The van der Waals surface area contributed by atoms with Gasteiger partial charge in [-0.15, -0.1) is 0 Å². The van der Waals surface area contributed by atoms with Crippen molar-refractivity contribution in [3.8, 4) is 0 Å². The van der Waals surface area contributed by atoms with E-state index >= 15 is 0 Å². The number of nitrogens with zero attached hydrogens (tertiary/aromatic N) is 2. The minimum absolute atomic E-state index is 0.154. The predicted molar refractivity (Wildman–Crippen MR) is 100 cm³/mol. The van der Waals surface area contributed by atoms with Crippen LogP contribution in [0.1, 0.15) is 33.1 Å². The highest BCUT2D eigenvalue weighted by atomic mass is 16.2. The number of carbonyl (C=O) groups is 3. The second kappa shape index (κ2) is 6.87. The zero-order chi connectivity index (χ0) is 19.0. The molecule has 0 saturated carbocycles. The molecule has 1 atom stereocenters. The van der Waals surface area contributed by atoms with E-state index in [0.717, 1.165) is 23.1 Å². The highest BCUT2D eigenvalue weighted by Gasteiger charge is 2.47. The van der Waals surface area contributed by atoms with Crippen molar-refractivity contribution in [3.05, 3.63) is 70.8 Å². The highest BCUT2D eigenvalue weighted by Crippen LogP contribution is 2.36. The van der Waals surface area contributed by atoms with Gasteiger partial charge in [0.25, 0.3) is 11.8 Å². The lowest BCUT2D eigenvalue weighted by molar-refractivity contribution is -0.128. The van der Waals surface area contributed by atoms with Crippen LogP contribution in [0, 0.1) is 0 Å². The Morgan fingerprint density at radius 3 is 2.78 bits per heavy atom. The zero-order valence-electron chi connectivity index (χ0n) is 15.1. The Labute approximate surface area is 157 Å². The van der Waals surface area contributed by atoms with Gasteiger partial charge in [-0.3, -0.25) is 14.5 Å². The molecule has 0 aromatic heterocycles. The van der Waals surface area contributed by atoms with Crippen molar-refractivity contribution < 1.29 is 14.4 Å². The molecule has 1 N–H and O–H groups in total. The average molecular weight is 363 g/mol. The molecule has 1 fully saturated rings. The average Bonchev–Trinajstić information content (AvgIpc) is 2.96. The molecule has 0 unspecified atom stereocenters. The van der Waals surface area contributed by atoms with E-state index in [2.05, 4.69) is 5.32 Å². The van der Waals surface area contributed by atoms with Crippen LogP contribution in [0.4, 0.5) is 4.79 Å². The lowest BCUT2D eigenvalue weighted by Gasteiger charge is -2.28. The van der Waals surface area contributed by atoms with E-state index in [1.807, 2.05) is 36.4 Å². The molecule has 0 spiro atoms. The molecule has 1 saturated heterocycles. The molecule has 2 aromatic carbocycles. The van der Waals surface area contributed by atoms with Gasteiger partial charge < -0.3 is 10.2 Å². The molecular weight excluding hydrogens is 342 g/mol. The van der Waals surface area contributed by atoms with E-state index in [-0.39, 0.29) is 17.8 Å². The van der Waals surface area contributed by atoms with Gasteiger partial charge in [-0.25, -0.2) is 4.79 Å². The van der Waals surface area contributed by atoms with Gasteiger partial charge in [0.1, 0.15) is 6.04 Å². The van der Waals surface area contributed by atoms with E-state index in [1.165, 1.54) is 4.90 Å². The van der Waals surface area contributed by atoms with Crippen LogP contribution in [-0.2, 0) is 17.6 Å². The van der Waals surface area contributed by atoms with Gasteiger partial charge in [0.15, 0.2) is 0 Å².